The first-order valence-corrected chi connectivity index (χ1v) is 6.69. The summed E-state index contributed by atoms with van der Waals surface area (Å²) in [4.78, 5) is 22.8. The maximum absolute atomic E-state index is 11.8. The minimum Gasteiger partial charge on any atom is -0.432 e. The average Bonchev–Trinajstić information content (AvgIpc) is 2.54. The maximum atomic E-state index is 11.8. The molecular formula is C15H14BN3O2. The van der Waals surface area contributed by atoms with Gasteiger partial charge in [0.2, 0.25) is 0 Å². The molecule has 0 aliphatic heterocycles. The Morgan fingerprint density at radius 3 is 2.76 bits per heavy atom. The summed E-state index contributed by atoms with van der Waals surface area (Å²) in [6.45, 7) is -0.198. The Hall–Kier alpha value is -2.47. The zero-order valence-corrected chi connectivity index (χ0v) is 11.6. The third-order valence-corrected chi connectivity index (χ3v) is 3.39. The van der Waals surface area contributed by atoms with Crippen LogP contribution in [-0.4, -0.2) is 29.0 Å². The predicted molar refractivity (Wildman–Crippen MR) is 82.7 cm³/mol. The summed E-state index contributed by atoms with van der Waals surface area (Å²) in [7, 11) is 1.65. The van der Waals surface area contributed by atoms with E-state index in [9.17, 15) is 4.79 Å². The minimum atomic E-state index is -0.239. The lowest BCUT2D eigenvalue weighted by Crippen LogP contribution is -2.38. The molecule has 0 aliphatic carbocycles. The van der Waals surface area contributed by atoms with E-state index in [-0.39, 0.29) is 12.5 Å². The average molecular weight is 279 g/mol. The fraction of sp³-hybridized carbons (Fsp3) is 0.133. The van der Waals surface area contributed by atoms with E-state index < -0.39 is 0 Å². The number of nitrogens with one attached hydrogen (secondary N) is 1. The Balaban J connectivity index is 1.97. The lowest BCUT2D eigenvalue weighted by atomic mass is 9.59. The van der Waals surface area contributed by atoms with Crippen LogP contribution in [0.2, 0.25) is 0 Å². The Bertz CT molecular complexity index is 805. The van der Waals surface area contributed by atoms with E-state index >= 15 is 0 Å². The number of aromatic amines is 1. The normalized spacial score (nSPS) is 10.7. The maximum Gasteiger partial charge on any atom is 0.350 e. The van der Waals surface area contributed by atoms with E-state index in [4.69, 9.17) is 4.65 Å². The second-order valence-electron chi connectivity index (χ2n) is 4.75. The molecule has 0 amide bonds. The summed E-state index contributed by atoms with van der Waals surface area (Å²) in [5, 5.41) is 0. The molecule has 2 aromatic heterocycles. The summed E-state index contributed by atoms with van der Waals surface area (Å²) in [5.74, 6) is 0. The van der Waals surface area contributed by atoms with Crippen LogP contribution < -0.4 is 11.2 Å². The summed E-state index contributed by atoms with van der Waals surface area (Å²) >= 11 is 0. The molecule has 2 heterocycles. The smallest absolute Gasteiger partial charge is 0.350 e. The number of hydrogen-bond acceptors (Lipinski definition) is 4. The first-order chi connectivity index (χ1) is 10.3. The summed E-state index contributed by atoms with van der Waals surface area (Å²) in [6, 6.07) is 13.7. The Labute approximate surface area is 122 Å². The van der Waals surface area contributed by atoms with Crippen molar-refractivity contribution >= 4 is 23.5 Å². The Morgan fingerprint density at radius 2 is 2.00 bits per heavy atom. The number of pyridine rings is 1. The second-order valence-corrected chi connectivity index (χ2v) is 4.75. The lowest BCUT2D eigenvalue weighted by Gasteiger charge is -2.11. The van der Waals surface area contributed by atoms with Crippen molar-refractivity contribution in [3.05, 3.63) is 64.7 Å². The van der Waals surface area contributed by atoms with Crippen molar-refractivity contribution in [1.82, 2.24) is 15.0 Å². The summed E-state index contributed by atoms with van der Waals surface area (Å²) < 4.78 is 5.53. The molecule has 0 fully saturated rings. The van der Waals surface area contributed by atoms with Crippen molar-refractivity contribution in [2.45, 2.75) is 6.32 Å². The number of fused-ring (bicyclic) bond motifs is 1. The molecule has 0 atom stereocenters. The molecule has 0 spiro atoms. The van der Waals surface area contributed by atoms with Gasteiger partial charge in [0.15, 0.2) is 5.52 Å². The molecule has 3 rings (SSSR count). The van der Waals surface area contributed by atoms with Gasteiger partial charge in [-0.25, -0.2) is 4.98 Å². The molecule has 5 nitrogen and oxygen atoms in total. The molecule has 0 aliphatic rings. The molecule has 3 aromatic rings. The minimum absolute atomic E-state index is 0.198. The van der Waals surface area contributed by atoms with Crippen molar-refractivity contribution in [2.24, 2.45) is 0 Å². The van der Waals surface area contributed by atoms with Crippen LogP contribution in [0.4, 0.5) is 0 Å². The van der Waals surface area contributed by atoms with Gasteiger partial charge in [-0.1, -0.05) is 35.9 Å². The molecule has 0 radical (unpaired) electrons. The zero-order chi connectivity index (χ0) is 14.7. The van der Waals surface area contributed by atoms with Crippen molar-refractivity contribution in [3.63, 3.8) is 0 Å². The van der Waals surface area contributed by atoms with Crippen LogP contribution in [0.5, 0.6) is 0 Å². The first kappa shape index (κ1) is 13.5. The van der Waals surface area contributed by atoms with Crippen LogP contribution >= 0.6 is 0 Å². The van der Waals surface area contributed by atoms with E-state index in [0.29, 0.717) is 17.4 Å². The van der Waals surface area contributed by atoms with Gasteiger partial charge in [-0.05, 0) is 18.5 Å². The van der Waals surface area contributed by atoms with Crippen LogP contribution in [0, 0.1) is 0 Å². The van der Waals surface area contributed by atoms with Crippen molar-refractivity contribution in [3.8, 4) is 0 Å². The standard InChI is InChI=1S/C15H14BN3O2/c1-21-16(9-11-5-3-2-4-6-11)13-8-7-12-14(19-13)15(20)18-10-17-12/h2-8,10H,9H2,1H3,(H,17,18,20). The number of hydrogen-bond donors (Lipinski definition) is 1. The fourth-order valence-corrected chi connectivity index (χ4v) is 2.28. The highest BCUT2D eigenvalue weighted by Crippen LogP contribution is 2.05. The fourth-order valence-electron chi connectivity index (χ4n) is 2.28. The molecule has 0 unspecified atom stereocenters. The quantitative estimate of drug-likeness (QED) is 0.722. The van der Waals surface area contributed by atoms with Crippen molar-refractivity contribution in [2.75, 3.05) is 7.11 Å². The molecule has 1 N–H and O–H groups in total. The number of nitrogens with zero attached hydrogens (tertiary/aromatic N) is 2. The molecule has 21 heavy (non-hydrogen) atoms. The molecule has 1 aromatic carbocycles. The lowest BCUT2D eigenvalue weighted by molar-refractivity contribution is 0.428. The van der Waals surface area contributed by atoms with Gasteiger partial charge in [-0.15, -0.1) is 0 Å². The zero-order valence-electron chi connectivity index (χ0n) is 11.6. The molecule has 6 heteroatoms. The van der Waals surface area contributed by atoms with E-state index in [1.165, 1.54) is 6.33 Å². The van der Waals surface area contributed by atoms with Crippen molar-refractivity contribution < 1.29 is 4.65 Å². The van der Waals surface area contributed by atoms with E-state index in [0.717, 1.165) is 11.2 Å². The second kappa shape index (κ2) is 5.89. The van der Waals surface area contributed by atoms with Gasteiger partial charge in [0.05, 0.1) is 11.8 Å². The van der Waals surface area contributed by atoms with E-state index in [2.05, 4.69) is 15.0 Å². The van der Waals surface area contributed by atoms with Crippen LogP contribution in [0.1, 0.15) is 5.56 Å². The van der Waals surface area contributed by atoms with Gasteiger partial charge in [0.1, 0.15) is 0 Å². The number of benzene rings is 1. The van der Waals surface area contributed by atoms with E-state index in [1.807, 2.05) is 36.4 Å². The highest BCUT2D eigenvalue weighted by atomic mass is 16.4. The third kappa shape index (κ3) is 2.85. The van der Waals surface area contributed by atoms with Crippen LogP contribution in [0.3, 0.4) is 0 Å². The van der Waals surface area contributed by atoms with Gasteiger partial charge < -0.3 is 9.64 Å². The molecule has 0 bridgehead atoms. The van der Waals surface area contributed by atoms with Gasteiger partial charge in [-0.3, -0.25) is 9.78 Å². The topological polar surface area (TPSA) is 67.9 Å². The third-order valence-electron chi connectivity index (χ3n) is 3.39. The first-order valence-electron chi connectivity index (χ1n) is 6.69. The number of H-pyrrole nitrogens is 1. The molecule has 0 saturated heterocycles. The van der Waals surface area contributed by atoms with Gasteiger partial charge in [0, 0.05) is 12.7 Å². The Morgan fingerprint density at radius 1 is 1.19 bits per heavy atom. The van der Waals surface area contributed by atoms with E-state index in [1.54, 1.807) is 13.2 Å². The Kier molecular flexibility index (Phi) is 3.79. The van der Waals surface area contributed by atoms with Gasteiger partial charge in [0.25, 0.3) is 5.56 Å². The van der Waals surface area contributed by atoms with Crippen molar-refractivity contribution in [1.29, 1.82) is 0 Å². The van der Waals surface area contributed by atoms with Gasteiger partial charge >= 0.3 is 6.92 Å². The van der Waals surface area contributed by atoms with Crippen LogP contribution in [-0.2, 0) is 11.0 Å². The monoisotopic (exact) mass is 279 g/mol. The summed E-state index contributed by atoms with van der Waals surface area (Å²) in [6.07, 6.45) is 2.08. The number of aromatic nitrogens is 3. The molecule has 0 saturated carbocycles. The summed E-state index contributed by atoms with van der Waals surface area (Å²) in [5.41, 5.74) is 2.57. The predicted octanol–water partition coefficient (Wildman–Crippen LogP) is 0.945. The van der Waals surface area contributed by atoms with Crippen LogP contribution in [0.25, 0.3) is 11.0 Å². The molecular weight excluding hydrogens is 265 g/mol. The highest BCUT2D eigenvalue weighted by Gasteiger charge is 2.20. The molecule has 104 valence electrons. The van der Waals surface area contributed by atoms with Gasteiger partial charge in [-0.2, -0.15) is 0 Å². The highest BCUT2D eigenvalue weighted by molar-refractivity contribution is 6.66. The SMILES string of the molecule is COB(Cc1ccccc1)c1ccc2nc[nH]c(=O)c2n1. The number of rotatable bonds is 4. The largest absolute Gasteiger partial charge is 0.432 e. The van der Waals surface area contributed by atoms with Crippen LogP contribution in [0.15, 0.2) is 53.6 Å².